The van der Waals surface area contributed by atoms with Gasteiger partial charge in [0.05, 0.1) is 19.1 Å². The van der Waals surface area contributed by atoms with Crippen molar-refractivity contribution in [1.29, 1.82) is 5.26 Å². The zero-order valence-corrected chi connectivity index (χ0v) is 6.38. The van der Waals surface area contributed by atoms with Gasteiger partial charge in [0.1, 0.15) is 0 Å². The number of nitrogens with zero attached hydrogens (tertiary/aromatic N) is 1. The van der Waals surface area contributed by atoms with Crippen LogP contribution in [-0.4, -0.2) is 19.0 Å². The van der Waals surface area contributed by atoms with Crippen molar-refractivity contribution in [3.8, 4) is 6.07 Å². The van der Waals surface area contributed by atoms with Crippen LogP contribution in [0, 0.1) is 17.2 Å². The van der Waals surface area contributed by atoms with Gasteiger partial charge in [0, 0.05) is 12.5 Å². The normalized spacial score (nSPS) is 24.1. The van der Waals surface area contributed by atoms with E-state index in [1.165, 1.54) is 0 Å². The van der Waals surface area contributed by atoms with Gasteiger partial charge in [-0.2, -0.15) is 5.26 Å². The summed E-state index contributed by atoms with van der Waals surface area (Å²) in [6.07, 6.45) is 1.87. The van der Waals surface area contributed by atoms with E-state index in [1.54, 1.807) is 0 Å². The molecular formula is C8H11NO2. The maximum Gasteiger partial charge on any atom is 0.152 e. The first-order valence-electron chi connectivity index (χ1n) is 3.82. The van der Waals surface area contributed by atoms with Crippen LogP contribution in [0.1, 0.15) is 19.3 Å². The van der Waals surface area contributed by atoms with Crippen LogP contribution in [0.3, 0.4) is 0 Å². The molecule has 0 bridgehead atoms. The number of rotatable bonds is 2. The van der Waals surface area contributed by atoms with E-state index in [4.69, 9.17) is 10.00 Å². The molecule has 1 fully saturated rings. The molecule has 0 amide bonds. The molecule has 0 aromatic carbocycles. The predicted octanol–water partition coefficient (Wildman–Crippen LogP) is 0.896. The van der Waals surface area contributed by atoms with Gasteiger partial charge < -0.3 is 4.74 Å². The molecule has 1 rings (SSSR count). The highest BCUT2D eigenvalue weighted by Gasteiger charge is 2.20. The summed E-state index contributed by atoms with van der Waals surface area (Å²) in [5.41, 5.74) is 0. The van der Waals surface area contributed by atoms with Gasteiger partial charge >= 0.3 is 0 Å². The minimum absolute atomic E-state index is 0.0107. The lowest BCUT2D eigenvalue weighted by Gasteiger charge is -2.19. The zero-order valence-electron chi connectivity index (χ0n) is 6.38. The number of carbonyl (C=O) groups excluding carboxylic acids is 1. The second kappa shape index (κ2) is 4.09. The Morgan fingerprint density at radius 1 is 1.73 bits per heavy atom. The fourth-order valence-corrected chi connectivity index (χ4v) is 1.22. The molecule has 0 radical (unpaired) electrons. The van der Waals surface area contributed by atoms with Gasteiger partial charge in [0.15, 0.2) is 5.78 Å². The molecule has 1 saturated heterocycles. The van der Waals surface area contributed by atoms with Crippen molar-refractivity contribution >= 4 is 5.78 Å². The summed E-state index contributed by atoms with van der Waals surface area (Å²) in [5.74, 6) is 0.0237. The van der Waals surface area contributed by atoms with Crippen LogP contribution in [-0.2, 0) is 9.53 Å². The van der Waals surface area contributed by atoms with E-state index in [1.807, 2.05) is 6.07 Å². The minimum atomic E-state index is -0.0107. The van der Waals surface area contributed by atoms with Crippen LogP contribution in [0.2, 0.25) is 0 Å². The molecule has 0 aromatic heterocycles. The maximum atomic E-state index is 11.1. The van der Waals surface area contributed by atoms with Gasteiger partial charge in [-0.3, -0.25) is 4.79 Å². The van der Waals surface area contributed by atoms with Crippen molar-refractivity contribution in [1.82, 2.24) is 0 Å². The van der Waals surface area contributed by atoms with Crippen LogP contribution < -0.4 is 0 Å². The Balaban J connectivity index is 2.34. The third-order valence-electron chi connectivity index (χ3n) is 1.87. The lowest BCUT2D eigenvalue weighted by atomic mass is 9.96. The standard InChI is InChI=1S/C8H11NO2/c9-4-3-8(10)7-2-1-5-11-6-7/h7H,1-3,5-6H2/t7-/m0/s1. The highest BCUT2D eigenvalue weighted by atomic mass is 16.5. The SMILES string of the molecule is N#CCC(=O)[C@H]1CCCOC1. The van der Waals surface area contributed by atoms with Crippen LogP contribution >= 0.6 is 0 Å². The number of carbonyl (C=O) groups is 1. The van der Waals surface area contributed by atoms with Gasteiger partial charge in [0.2, 0.25) is 0 Å². The van der Waals surface area contributed by atoms with E-state index in [0.29, 0.717) is 6.61 Å². The summed E-state index contributed by atoms with van der Waals surface area (Å²) in [6, 6.07) is 1.86. The van der Waals surface area contributed by atoms with Gasteiger partial charge in [-0.1, -0.05) is 0 Å². The first-order valence-corrected chi connectivity index (χ1v) is 3.82. The number of Topliss-reactive ketones (excluding diaryl/α,β-unsaturated/α-hetero) is 1. The maximum absolute atomic E-state index is 11.1. The zero-order chi connectivity index (χ0) is 8.10. The molecule has 1 aliphatic heterocycles. The highest BCUT2D eigenvalue weighted by molar-refractivity contribution is 5.83. The average Bonchev–Trinajstić information content (AvgIpc) is 2.07. The Kier molecular flexibility index (Phi) is 3.06. The molecule has 60 valence electrons. The fourth-order valence-electron chi connectivity index (χ4n) is 1.22. The third-order valence-corrected chi connectivity index (χ3v) is 1.87. The van der Waals surface area contributed by atoms with E-state index in [9.17, 15) is 4.79 Å². The largest absolute Gasteiger partial charge is 0.381 e. The monoisotopic (exact) mass is 153 g/mol. The van der Waals surface area contributed by atoms with Crippen molar-refractivity contribution in [2.75, 3.05) is 13.2 Å². The van der Waals surface area contributed by atoms with Crippen LogP contribution in [0.4, 0.5) is 0 Å². The van der Waals surface area contributed by atoms with Crippen LogP contribution in [0.25, 0.3) is 0 Å². The molecule has 1 heterocycles. The first kappa shape index (κ1) is 8.22. The average molecular weight is 153 g/mol. The number of hydrogen-bond acceptors (Lipinski definition) is 3. The summed E-state index contributed by atoms with van der Waals surface area (Å²) < 4.78 is 5.12. The van der Waals surface area contributed by atoms with Gasteiger partial charge in [-0.25, -0.2) is 0 Å². The second-order valence-electron chi connectivity index (χ2n) is 2.72. The number of nitriles is 1. The van der Waals surface area contributed by atoms with Crippen molar-refractivity contribution < 1.29 is 9.53 Å². The molecular weight excluding hydrogens is 142 g/mol. The number of ketones is 1. The van der Waals surface area contributed by atoms with Crippen LogP contribution in [0.15, 0.2) is 0 Å². The minimum Gasteiger partial charge on any atom is -0.381 e. The lowest BCUT2D eigenvalue weighted by molar-refractivity contribution is -0.125. The molecule has 0 N–H and O–H groups in total. The predicted molar refractivity (Wildman–Crippen MR) is 38.8 cm³/mol. The van der Waals surface area contributed by atoms with Gasteiger partial charge in [0.25, 0.3) is 0 Å². The van der Waals surface area contributed by atoms with E-state index in [0.717, 1.165) is 19.4 Å². The Bertz CT molecular complexity index is 177. The summed E-state index contributed by atoms with van der Waals surface area (Å²) in [7, 11) is 0. The van der Waals surface area contributed by atoms with Crippen LogP contribution in [0.5, 0.6) is 0 Å². The Morgan fingerprint density at radius 3 is 3.09 bits per heavy atom. The fraction of sp³-hybridized carbons (Fsp3) is 0.750. The van der Waals surface area contributed by atoms with E-state index < -0.39 is 0 Å². The second-order valence-corrected chi connectivity index (χ2v) is 2.72. The molecule has 1 atom stereocenters. The van der Waals surface area contributed by atoms with Crippen molar-refractivity contribution in [2.45, 2.75) is 19.3 Å². The molecule has 0 aliphatic carbocycles. The molecule has 0 saturated carbocycles. The molecule has 3 heteroatoms. The summed E-state index contributed by atoms with van der Waals surface area (Å²) in [5, 5.41) is 8.26. The molecule has 0 aromatic rings. The topological polar surface area (TPSA) is 50.1 Å². The van der Waals surface area contributed by atoms with Crippen molar-refractivity contribution in [2.24, 2.45) is 5.92 Å². The molecule has 1 aliphatic rings. The summed E-state index contributed by atoms with van der Waals surface area (Å²) in [6.45, 7) is 1.27. The molecule has 0 spiro atoms. The first-order chi connectivity index (χ1) is 5.34. The van der Waals surface area contributed by atoms with E-state index in [-0.39, 0.29) is 18.1 Å². The molecule has 0 unspecified atom stereocenters. The number of hydrogen-bond donors (Lipinski definition) is 0. The Morgan fingerprint density at radius 2 is 2.55 bits per heavy atom. The highest BCUT2D eigenvalue weighted by Crippen LogP contribution is 2.15. The smallest absolute Gasteiger partial charge is 0.152 e. The third kappa shape index (κ3) is 2.32. The van der Waals surface area contributed by atoms with Crippen molar-refractivity contribution in [3.05, 3.63) is 0 Å². The Labute approximate surface area is 66.0 Å². The number of ether oxygens (including phenoxy) is 1. The van der Waals surface area contributed by atoms with E-state index in [2.05, 4.69) is 0 Å². The van der Waals surface area contributed by atoms with Crippen molar-refractivity contribution in [3.63, 3.8) is 0 Å². The Hall–Kier alpha value is -0.880. The van der Waals surface area contributed by atoms with Gasteiger partial charge in [-0.05, 0) is 12.8 Å². The van der Waals surface area contributed by atoms with Gasteiger partial charge in [-0.15, -0.1) is 0 Å². The summed E-state index contributed by atoms with van der Waals surface area (Å²) in [4.78, 5) is 11.1. The molecule has 3 nitrogen and oxygen atoms in total. The quantitative estimate of drug-likeness (QED) is 0.592. The molecule has 11 heavy (non-hydrogen) atoms. The van der Waals surface area contributed by atoms with E-state index >= 15 is 0 Å². The lowest BCUT2D eigenvalue weighted by Crippen LogP contribution is -2.24. The summed E-state index contributed by atoms with van der Waals surface area (Å²) >= 11 is 0.